The molecule has 1 saturated heterocycles. The Hall–Kier alpha value is -4.31. The number of hydrogen-bond acceptors (Lipinski definition) is 5. The van der Waals surface area contributed by atoms with Gasteiger partial charge in [0.2, 0.25) is 0 Å². The molecule has 2 heterocycles. The molecule has 1 N–H and O–H groups in total. The number of hydrogen-bond donors (Lipinski definition) is 1. The number of rotatable bonds is 11. The number of carbonyl (C=O) groups excluding carboxylic acids is 1. The van der Waals surface area contributed by atoms with Crippen LogP contribution in [0, 0.1) is 10.8 Å². The van der Waals surface area contributed by atoms with Crippen LogP contribution in [0.1, 0.15) is 65.8 Å². The maximum atomic E-state index is 12.6. The highest BCUT2D eigenvalue weighted by Gasteiger charge is 2.34. The maximum Gasteiger partial charge on any atom is 0.326 e. The second kappa shape index (κ2) is 15.2. The van der Waals surface area contributed by atoms with Crippen molar-refractivity contribution in [2.24, 2.45) is 10.8 Å². The van der Waals surface area contributed by atoms with Crippen LogP contribution in [-0.2, 0) is 21.4 Å². The fourth-order valence-corrected chi connectivity index (χ4v) is 7.89. The van der Waals surface area contributed by atoms with Crippen LogP contribution in [0.15, 0.2) is 97.2 Å². The van der Waals surface area contributed by atoms with Gasteiger partial charge < -0.3 is 9.47 Å². The van der Waals surface area contributed by atoms with Crippen LogP contribution in [0.4, 0.5) is 11.4 Å². The van der Waals surface area contributed by atoms with Gasteiger partial charge in [-0.05, 0) is 88.9 Å². The minimum Gasteiger partial charge on any atom is -0.371 e. The third kappa shape index (κ3) is 9.63. The number of benzene rings is 4. The predicted octanol–water partition coefficient (Wildman–Crippen LogP) is 9.96. The number of aromatic nitrogens is 2. The Bertz CT molecular complexity index is 2190. The highest BCUT2D eigenvalue weighted by Crippen LogP contribution is 2.33. The maximum absolute atomic E-state index is 12.6. The zero-order chi connectivity index (χ0) is 38.1. The molecule has 0 aliphatic carbocycles. The van der Waals surface area contributed by atoms with Gasteiger partial charge in [0.05, 0.1) is 16.4 Å². The van der Waals surface area contributed by atoms with Gasteiger partial charge in [-0.3, -0.25) is 4.79 Å². The number of nitrogens with zero attached hydrogens (tertiary/aromatic N) is 4. The van der Waals surface area contributed by atoms with Crippen molar-refractivity contribution < 1.29 is 13.2 Å². The molecule has 0 bridgehead atoms. The van der Waals surface area contributed by atoms with Crippen LogP contribution < -0.4 is 13.9 Å². The number of nitrogens with one attached hydrogen (secondary N) is 1. The lowest BCUT2D eigenvalue weighted by atomic mass is 9.90. The van der Waals surface area contributed by atoms with Crippen LogP contribution in [-0.4, -0.2) is 43.5 Å². The molecule has 1 aromatic heterocycles. The second-order valence-electron chi connectivity index (χ2n) is 16.1. The van der Waals surface area contributed by atoms with Crippen molar-refractivity contribution >= 4 is 50.7 Å². The van der Waals surface area contributed by atoms with E-state index in [1.54, 1.807) is 30.3 Å². The Kier molecular flexibility index (Phi) is 11.0. The molecule has 53 heavy (non-hydrogen) atoms. The van der Waals surface area contributed by atoms with Gasteiger partial charge in [-0.25, -0.2) is 14.0 Å². The summed E-state index contributed by atoms with van der Waals surface area (Å²) in [5.41, 5.74) is 7.52. The molecule has 0 saturated carbocycles. The minimum atomic E-state index is -3.97. The van der Waals surface area contributed by atoms with E-state index in [1.165, 1.54) is 5.69 Å². The standard InChI is InChI=1S/C42H47Cl2N5O3S/c1-41(2,3)20-22-47(23-21-42(4,5)6)33-17-14-31(15-18-33)30-12-10-29(11-13-30)24-39-45-38(36-19-16-32(43)25-37(36)44)27-48(39)34-8-7-9-35(26-34)49-28-40(50)46-53(49,51)52/h7-19,25-27H,20-24,28H2,1-6H3,(H,46,50). The lowest BCUT2D eigenvalue weighted by Gasteiger charge is -2.31. The molecule has 4 aromatic carbocycles. The number of halogens is 2. The first-order valence-electron chi connectivity index (χ1n) is 17.9. The Balaban J connectivity index is 1.27. The SMILES string of the molecule is CC(C)(C)CCN(CCC(C)(C)C)c1ccc(-c2ccc(Cc3nc(-c4ccc(Cl)cc4Cl)cn3-c3cccc(N4CC(=O)NS4(=O)=O)c3)cc2)cc1. The third-order valence-corrected chi connectivity index (χ3v) is 11.3. The Morgan fingerprint density at radius 2 is 1.40 bits per heavy atom. The van der Waals surface area contributed by atoms with Crippen molar-refractivity contribution in [1.29, 1.82) is 0 Å². The van der Waals surface area contributed by atoms with Crippen molar-refractivity contribution in [3.63, 3.8) is 0 Å². The summed E-state index contributed by atoms with van der Waals surface area (Å²) in [6.45, 7) is 15.6. The Morgan fingerprint density at radius 1 is 0.792 bits per heavy atom. The molecule has 0 unspecified atom stereocenters. The molecule has 1 aliphatic heterocycles. The fraction of sp³-hybridized carbons (Fsp3) is 0.333. The quantitative estimate of drug-likeness (QED) is 0.145. The van der Waals surface area contributed by atoms with E-state index >= 15 is 0 Å². The Labute approximate surface area is 324 Å². The van der Waals surface area contributed by atoms with Gasteiger partial charge in [0.25, 0.3) is 5.91 Å². The van der Waals surface area contributed by atoms with E-state index in [0.29, 0.717) is 33.5 Å². The largest absolute Gasteiger partial charge is 0.371 e. The van der Waals surface area contributed by atoms with E-state index < -0.39 is 16.1 Å². The monoisotopic (exact) mass is 771 g/mol. The first kappa shape index (κ1) is 38.4. The van der Waals surface area contributed by atoms with Crippen LogP contribution in [0.3, 0.4) is 0 Å². The van der Waals surface area contributed by atoms with E-state index in [9.17, 15) is 13.2 Å². The van der Waals surface area contributed by atoms with Crippen LogP contribution in [0.25, 0.3) is 28.1 Å². The summed E-state index contributed by atoms with van der Waals surface area (Å²) in [4.78, 5) is 19.5. The van der Waals surface area contributed by atoms with Crippen LogP contribution in [0.2, 0.25) is 10.0 Å². The van der Waals surface area contributed by atoms with Gasteiger partial charge in [-0.15, -0.1) is 0 Å². The van der Waals surface area contributed by atoms with Gasteiger partial charge in [-0.2, -0.15) is 8.42 Å². The lowest BCUT2D eigenvalue weighted by molar-refractivity contribution is -0.117. The first-order chi connectivity index (χ1) is 24.9. The van der Waals surface area contributed by atoms with Gasteiger partial charge in [0, 0.05) is 47.7 Å². The molecule has 0 radical (unpaired) electrons. The van der Waals surface area contributed by atoms with Crippen molar-refractivity contribution in [3.8, 4) is 28.1 Å². The summed E-state index contributed by atoms with van der Waals surface area (Å²) in [6, 6.07) is 29.7. The van der Waals surface area contributed by atoms with Gasteiger partial charge in [0.15, 0.2) is 0 Å². The van der Waals surface area contributed by atoms with E-state index in [1.807, 2.05) is 27.6 Å². The minimum absolute atomic E-state index is 0.267. The lowest BCUT2D eigenvalue weighted by Crippen LogP contribution is -2.30. The van der Waals surface area contributed by atoms with E-state index in [4.69, 9.17) is 28.2 Å². The number of amides is 1. The molecule has 8 nitrogen and oxygen atoms in total. The molecule has 1 amide bonds. The summed E-state index contributed by atoms with van der Waals surface area (Å²) in [7, 11) is -3.97. The molecule has 0 atom stereocenters. The molecule has 6 rings (SSSR count). The molecule has 278 valence electrons. The summed E-state index contributed by atoms with van der Waals surface area (Å²) in [6.07, 6.45) is 4.62. The zero-order valence-electron chi connectivity index (χ0n) is 31.2. The first-order valence-corrected chi connectivity index (χ1v) is 20.1. The van der Waals surface area contributed by atoms with Crippen molar-refractivity contribution in [3.05, 3.63) is 119 Å². The van der Waals surface area contributed by atoms with Crippen LogP contribution in [0.5, 0.6) is 0 Å². The highest BCUT2D eigenvalue weighted by atomic mass is 35.5. The number of imidazole rings is 1. The molecule has 0 spiro atoms. The van der Waals surface area contributed by atoms with Gasteiger partial charge in [0.1, 0.15) is 12.4 Å². The normalized spacial score (nSPS) is 14.4. The summed E-state index contributed by atoms with van der Waals surface area (Å²) in [5, 5.41) is 0.992. The predicted molar refractivity (Wildman–Crippen MR) is 218 cm³/mol. The summed E-state index contributed by atoms with van der Waals surface area (Å²) in [5.74, 6) is 0.149. The Morgan fingerprint density at radius 3 is 1.96 bits per heavy atom. The molecule has 1 fully saturated rings. The average Bonchev–Trinajstić information content (AvgIpc) is 3.62. The van der Waals surface area contributed by atoms with Crippen LogP contribution >= 0.6 is 23.2 Å². The zero-order valence-corrected chi connectivity index (χ0v) is 33.5. The van der Waals surface area contributed by atoms with Crippen molar-refractivity contribution in [2.45, 2.75) is 60.8 Å². The highest BCUT2D eigenvalue weighted by molar-refractivity contribution is 7.92. The van der Waals surface area contributed by atoms with E-state index in [2.05, 4.69) is 95.0 Å². The summed E-state index contributed by atoms with van der Waals surface area (Å²) >= 11 is 12.8. The van der Waals surface area contributed by atoms with Gasteiger partial charge >= 0.3 is 10.2 Å². The van der Waals surface area contributed by atoms with E-state index in [0.717, 1.165) is 58.3 Å². The fourth-order valence-electron chi connectivity index (χ4n) is 6.24. The number of carbonyl (C=O) groups is 1. The van der Waals surface area contributed by atoms with Gasteiger partial charge in [-0.1, -0.05) is 107 Å². The smallest absolute Gasteiger partial charge is 0.326 e. The molecular formula is C42H47Cl2N5O3S. The summed E-state index contributed by atoms with van der Waals surface area (Å²) < 4.78 is 30.3. The topological polar surface area (TPSA) is 87.5 Å². The second-order valence-corrected chi connectivity index (χ2v) is 18.6. The van der Waals surface area contributed by atoms with Crippen molar-refractivity contribution in [1.82, 2.24) is 14.3 Å². The molecule has 5 aromatic rings. The molecule has 11 heteroatoms. The molecular weight excluding hydrogens is 725 g/mol. The van der Waals surface area contributed by atoms with E-state index in [-0.39, 0.29) is 17.4 Å². The average molecular weight is 773 g/mol. The third-order valence-electron chi connectivity index (χ3n) is 9.35. The number of anilines is 2. The molecule has 1 aliphatic rings. The van der Waals surface area contributed by atoms with Crippen molar-refractivity contribution in [2.75, 3.05) is 28.8 Å².